The Labute approximate surface area is 108 Å². The molecule has 2 N–H and O–H groups in total. The van der Waals surface area contributed by atoms with Gasteiger partial charge in [0, 0.05) is 18.6 Å². The first kappa shape index (κ1) is 13.1. The highest BCUT2D eigenvalue weighted by molar-refractivity contribution is 5.77. The van der Waals surface area contributed by atoms with E-state index in [0.29, 0.717) is 6.61 Å². The molecule has 3 nitrogen and oxygen atoms in total. The number of nitrogens with two attached hydrogens (primary N) is 1. The fraction of sp³-hybridized carbons (Fsp3) is 0.467. The maximum Gasteiger partial charge on any atom is 0.134 e. The Morgan fingerprint density at radius 3 is 2.89 bits per heavy atom. The van der Waals surface area contributed by atoms with Crippen LogP contribution in [-0.4, -0.2) is 13.2 Å². The molecule has 1 heterocycles. The SMILES string of the molecule is CCCCOCCC(N)c1cc2ccccc2o1. The van der Waals surface area contributed by atoms with Crippen LogP contribution in [0.3, 0.4) is 0 Å². The summed E-state index contributed by atoms with van der Waals surface area (Å²) in [5.74, 6) is 0.843. The maximum absolute atomic E-state index is 6.10. The average molecular weight is 247 g/mol. The number of rotatable bonds is 7. The standard InChI is InChI=1S/C15H21NO2/c1-2-3-9-17-10-8-13(16)15-11-12-6-4-5-7-14(12)18-15/h4-7,11,13H,2-3,8-10,16H2,1H3. The van der Waals surface area contributed by atoms with E-state index in [2.05, 4.69) is 6.92 Å². The minimum Gasteiger partial charge on any atom is -0.459 e. The smallest absolute Gasteiger partial charge is 0.134 e. The summed E-state index contributed by atoms with van der Waals surface area (Å²) in [5.41, 5.74) is 7.00. The molecule has 2 rings (SSSR count). The zero-order valence-electron chi connectivity index (χ0n) is 10.9. The third-order valence-corrected chi connectivity index (χ3v) is 3.03. The Hall–Kier alpha value is -1.32. The zero-order chi connectivity index (χ0) is 12.8. The maximum atomic E-state index is 6.10. The van der Waals surface area contributed by atoms with E-state index < -0.39 is 0 Å². The van der Waals surface area contributed by atoms with Gasteiger partial charge in [-0.25, -0.2) is 0 Å². The minimum absolute atomic E-state index is 0.0842. The van der Waals surface area contributed by atoms with Crippen LogP contribution in [-0.2, 0) is 4.74 Å². The van der Waals surface area contributed by atoms with E-state index in [9.17, 15) is 0 Å². The van der Waals surface area contributed by atoms with Crippen LogP contribution in [0, 0.1) is 0 Å². The van der Waals surface area contributed by atoms with Crippen LogP contribution < -0.4 is 5.73 Å². The molecule has 18 heavy (non-hydrogen) atoms. The second-order valence-electron chi connectivity index (χ2n) is 4.55. The molecule has 0 saturated heterocycles. The molecule has 1 atom stereocenters. The van der Waals surface area contributed by atoms with E-state index in [1.807, 2.05) is 30.3 Å². The van der Waals surface area contributed by atoms with Crippen LogP contribution >= 0.6 is 0 Å². The van der Waals surface area contributed by atoms with Gasteiger partial charge in [-0.3, -0.25) is 0 Å². The number of para-hydroxylation sites is 1. The summed E-state index contributed by atoms with van der Waals surface area (Å²) >= 11 is 0. The summed E-state index contributed by atoms with van der Waals surface area (Å²) in [7, 11) is 0. The van der Waals surface area contributed by atoms with Gasteiger partial charge < -0.3 is 14.9 Å². The van der Waals surface area contributed by atoms with Gasteiger partial charge in [0.15, 0.2) is 0 Å². The first-order valence-electron chi connectivity index (χ1n) is 6.63. The van der Waals surface area contributed by atoms with Gasteiger partial charge in [0.2, 0.25) is 0 Å². The summed E-state index contributed by atoms with van der Waals surface area (Å²) in [6, 6.07) is 9.90. The molecule has 0 fully saturated rings. The normalized spacial score (nSPS) is 13.0. The highest BCUT2D eigenvalue weighted by Gasteiger charge is 2.11. The number of ether oxygens (including phenoxy) is 1. The molecule has 98 valence electrons. The molecule has 0 bridgehead atoms. The summed E-state index contributed by atoms with van der Waals surface area (Å²) in [4.78, 5) is 0. The summed E-state index contributed by atoms with van der Waals surface area (Å²) in [6.45, 7) is 3.67. The van der Waals surface area contributed by atoms with E-state index in [-0.39, 0.29) is 6.04 Å². The number of hydrogen-bond donors (Lipinski definition) is 1. The van der Waals surface area contributed by atoms with Crippen LogP contribution in [0.5, 0.6) is 0 Å². The first-order chi connectivity index (χ1) is 8.81. The molecule has 1 aromatic heterocycles. The van der Waals surface area contributed by atoms with E-state index in [0.717, 1.165) is 42.6 Å². The molecule has 0 aliphatic rings. The molecule has 0 saturated carbocycles. The third kappa shape index (κ3) is 3.34. The summed E-state index contributed by atoms with van der Waals surface area (Å²) < 4.78 is 11.2. The predicted octanol–water partition coefficient (Wildman–Crippen LogP) is 3.64. The van der Waals surface area contributed by atoms with Gasteiger partial charge in [-0.05, 0) is 25.0 Å². The molecule has 0 aliphatic heterocycles. The number of hydrogen-bond acceptors (Lipinski definition) is 3. The Morgan fingerprint density at radius 2 is 2.11 bits per heavy atom. The second kappa shape index (κ2) is 6.57. The topological polar surface area (TPSA) is 48.4 Å². The Morgan fingerprint density at radius 1 is 1.28 bits per heavy atom. The van der Waals surface area contributed by atoms with Gasteiger partial charge in [-0.2, -0.15) is 0 Å². The van der Waals surface area contributed by atoms with E-state index >= 15 is 0 Å². The lowest BCUT2D eigenvalue weighted by Crippen LogP contribution is -2.12. The van der Waals surface area contributed by atoms with Crippen molar-refractivity contribution in [3.8, 4) is 0 Å². The van der Waals surface area contributed by atoms with Gasteiger partial charge in [-0.15, -0.1) is 0 Å². The largest absolute Gasteiger partial charge is 0.459 e. The number of fused-ring (bicyclic) bond motifs is 1. The highest BCUT2D eigenvalue weighted by atomic mass is 16.5. The van der Waals surface area contributed by atoms with Crippen LogP contribution in [0.4, 0.5) is 0 Å². The molecule has 0 amide bonds. The lowest BCUT2D eigenvalue weighted by molar-refractivity contribution is 0.123. The Kier molecular flexibility index (Phi) is 4.79. The van der Waals surface area contributed by atoms with E-state index in [1.54, 1.807) is 0 Å². The predicted molar refractivity (Wildman–Crippen MR) is 73.5 cm³/mol. The van der Waals surface area contributed by atoms with Gasteiger partial charge >= 0.3 is 0 Å². The molecular formula is C15H21NO2. The van der Waals surface area contributed by atoms with Crippen molar-refractivity contribution in [3.05, 3.63) is 36.1 Å². The van der Waals surface area contributed by atoms with Gasteiger partial charge in [0.25, 0.3) is 0 Å². The van der Waals surface area contributed by atoms with Crippen molar-refractivity contribution in [2.75, 3.05) is 13.2 Å². The third-order valence-electron chi connectivity index (χ3n) is 3.03. The Balaban J connectivity index is 1.86. The van der Waals surface area contributed by atoms with Crippen molar-refractivity contribution < 1.29 is 9.15 Å². The lowest BCUT2D eigenvalue weighted by atomic mass is 10.1. The van der Waals surface area contributed by atoms with Crippen LogP contribution in [0.25, 0.3) is 11.0 Å². The fourth-order valence-electron chi connectivity index (χ4n) is 1.89. The quantitative estimate of drug-likeness (QED) is 0.760. The van der Waals surface area contributed by atoms with Gasteiger partial charge in [0.1, 0.15) is 11.3 Å². The monoisotopic (exact) mass is 247 g/mol. The van der Waals surface area contributed by atoms with Crippen molar-refractivity contribution in [3.63, 3.8) is 0 Å². The molecule has 3 heteroatoms. The molecule has 0 radical (unpaired) electrons. The van der Waals surface area contributed by atoms with Crippen LogP contribution in [0.15, 0.2) is 34.7 Å². The van der Waals surface area contributed by atoms with Crippen molar-refractivity contribution in [2.45, 2.75) is 32.2 Å². The Bertz CT molecular complexity index is 445. The molecule has 1 aromatic carbocycles. The summed E-state index contributed by atoms with van der Waals surface area (Å²) in [5, 5.41) is 1.11. The number of unbranched alkanes of at least 4 members (excludes halogenated alkanes) is 1. The second-order valence-corrected chi connectivity index (χ2v) is 4.55. The van der Waals surface area contributed by atoms with E-state index in [1.165, 1.54) is 0 Å². The number of benzene rings is 1. The molecule has 0 spiro atoms. The van der Waals surface area contributed by atoms with Crippen LogP contribution in [0.2, 0.25) is 0 Å². The van der Waals surface area contributed by atoms with Gasteiger partial charge in [0.05, 0.1) is 6.04 Å². The highest BCUT2D eigenvalue weighted by Crippen LogP contribution is 2.24. The minimum atomic E-state index is -0.0842. The van der Waals surface area contributed by atoms with Crippen molar-refractivity contribution in [2.24, 2.45) is 5.73 Å². The van der Waals surface area contributed by atoms with Crippen molar-refractivity contribution in [1.29, 1.82) is 0 Å². The fourth-order valence-corrected chi connectivity index (χ4v) is 1.89. The van der Waals surface area contributed by atoms with Gasteiger partial charge in [-0.1, -0.05) is 31.5 Å². The van der Waals surface area contributed by atoms with Crippen molar-refractivity contribution in [1.82, 2.24) is 0 Å². The summed E-state index contributed by atoms with van der Waals surface area (Å²) in [6.07, 6.45) is 3.07. The first-order valence-corrected chi connectivity index (χ1v) is 6.63. The molecular weight excluding hydrogens is 226 g/mol. The zero-order valence-corrected chi connectivity index (χ0v) is 10.9. The molecule has 0 aliphatic carbocycles. The number of furan rings is 1. The average Bonchev–Trinajstić information content (AvgIpc) is 2.82. The van der Waals surface area contributed by atoms with Crippen molar-refractivity contribution >= 4 is 11.0 Å². The molecule has 2 aromatic rings. The van der Waals surface area contributed by atoms with Crippen LogP contribution in [0.1, 0.15) is 38.0 Å². The molecule has 1 unspecified atom stereocenters. The lowest BCUT2D eigenvalue weighted by Gasteiger charge is -2.08. The van der Waals surface area contributed by atoms with E-state index in [4.69, 9.17) is 14.9 Å².